The van der Waals surface area contributed by atoms with Gasteiger partial charge < -0.3 is 21.7 Å². The highest BCUT2D eigenvalue weighted by atomic mass is 35.5. The zero-order valence-corrected chi connectivity index (χ0v) is 20.9. The molecule has 35 heavy (non-hydrogen) atoms. The Kier molecular flexibility index (Phi) is 10.0. The molecule has 0 saturated carbocycles. The predicted octanol–water partition coefficient (Wildman–Crippen LogP) is 4.38. The summed E-state index contributed by atoms with van der Waals surface area (Å²) in [5.74, 6) is -1.69. The van der Waals surface area contributed by atoms with Gasteiger partial charge in [0.1, 0.15) is 18.2 Å². The maximum absolute atomic E-state index is 13.8. The molecule has 2 aromatic carbocycles. The monoisotopic (exact) mass is 525 g/mol. The highest BCUT2D eigenvalue weighted by molar-refractivity contribution is 6.42. The fourth-order valence-electron chi connectivity index (χ4n) is 3.67. The minimum absolute atomic E-state index is 0.111. The SMILES string of the molecule is C=CC(=O)N1CCC(c2c(F)ccc(Cl)c2Cl)C1.CNc1cc(N)c(C(C)=NCC(N)=O)c(F)c1. The number of carbonyl (C=O) groups is 2. The Morgan fingerprint density at radius 1 is 1.29 bits per heavy atom. The molecule has 0 aromatic heterocycles. The average molecular weight is 526 g/mol. The Morgan fingerprint density at radius 3 is 2.54 bits per heavy atom. The van der Waals surface area contributed by atoms with E-state index in [1.54, 1.807) is 24.9 Å². The van der Waals surface area contributed by atoms with Gasteiger partial charge in [-0.1, -0.05) is 29.8 Å². The molecule has 1 aliphatic heterocycles. The van der Waals surface area contributed by atoms with Crippen LogP contribution in [-0.4, -0.2) is 49.1 Å². The van der Waals surface area contributed by atoms with E-state index in [0.29, 0.717) is 41.5 Å². The molecule has 1 fully saturated rings. The normalized spacial score (nSPS) is 15.3. The first-order valence-electron chi connectivity index (χ1n) is 10.6. The highest BCUT2D eigenvalue weighted by Gasteiger charge is 2.30. The molecule has 1 heterocycles. The number of anilines is 2. The Balaban J connectivity index is 0.000000247. The summed E-state index contributed by atoms with van der Waals surface area (Å²) < 4.78 is 27.6. The van der Waals surface area contributed by atoms with Gasteiger partial charge in [-0.3, -0.25) is 14.6 Å². The molecule has 3 rings (SSSR count). The van der Waals surface area contributed by atoms with Crippen LogP contribution < -0.4 is 16.8 Å². The third-order valence-electron chi connectivity index (χ3n) is 5.41. The quantitative estimate of drug-likeness (QED) is 0.224. The molecular weight excluding hydrogens is 499 g/mol. The number of hydrogen-bond donors (Lipinski definition) is 3. The number of carbonyl (C=O) groups excluding carboxylic acids is 2. The van der Waals surface area contributed by atoms with E-state index in [0.717, 1.165) is 0 Å². The number of nitrogens with two attached hydrogens (primary N) is 2. The van der Waals surface area contributed by atoms with Gasteiger partial charge in [0, 0.05) is 48.7 Å². The number of nitrogen functional groups attached to an aromatic ring is 1. The fraction of sp³-hybridized carbons (Fsp3) is 0.292. The van der Waals surface area contributed by atoms with Crippen LogP contribution in [0.4, 0.5) is 20.2 Å². The second-order valence-electron chi connectivity index (χ2n) is 7.77. The number of nitrogens with zero attached hydrogens (tertiary/aromatic N) is 2. The summed E-state index contributed by atoms with van der Waals surface area (Å²) in [6.45, 7) is 5.87. The number of likely N-dealkylation sites (tertiary alicyclic amines) is 1. The summed E-state index contributed by atoms with van der Waals surface area (Å²) in [4.78, 5) is 27.6. The third kappa shape index (κ3) is 7.16. The summed E-state index contributed by atoms with van der Waals surface area (Å²) in [5, 5.41) is 3.37. The van der Waals surface area contributed by atoms with Crippen LogP contribution in [0.3, 0.4) is 0 Å². The van der Waals surface area contributed by atoms with E-state index in [9.17, 15) is 18.4 Å². The van der Waals surface area contributed by atoms with E-state index in [4.69, 9.17) is 34.7 Å². The second kappa shape index (κ2) is 12.5. The van der Waals surface area contributed by atoms with E-state index in [2.05, 4.69) is 16.9 Å². The number of aliphatic imine (C=N–C) groups is 1. The van der Waals surface area contributed by atoms with Gasteiger partial charge in [-0.2, -0.15) is 0 Å². The lowest BCUT2D eigenvalue weighted by molar-refractivity contribution is -0.125. The molecule has 1 aliphatic rings. The van der Waals surface area contributed by atoms with Gasteiger partial charge >= 0.3 is 0 Å². The lowest BCUT2D eigenvalue weighted by Gasteiger charge is -2.16. The van der Waals surface area contributed by atoms with Crippen molar-refractivity contribution in [1.82, 2.24) is 4.90 Å². The lowest BCUT2D eigenvalue weighted by Crippen LogP contribution is -2.26. The number of halogens is 4. The molecule has 0 aliphatic carbocycles. The number of primary amides is 1. The standard InChI is InChI=1S/C13H12Cl2FNO.C11H15FN4O/c1-2-11(18)17-6-5-8(7-17)12-10(16)4-3-9(14)13(12)15;1-6(16-5-10(14)17)11-8(12)3-7(15-2)4-9(11)13/h2-4,8H,1,5-7H2;3-4,15H,5,13H2,1-2H3,(H2,14,17). The van der Waals surface area contributed by atoms with E-state index in [-0.39, 0.29) is 40.5 Å². The van der Waals surface area contributed by atoms with Gasteiger partial charge in [-0.25, -0.2) is 8.78 Å². The van der Waals surface area contributed by atoms with Crippen LogP contribution in [0.15, 0.2) is 41.9 Å². The maximum Gasteiger partial charge on any atom is 0.245 e. The second-order valence-corrected chi connectivity index (χ2v) is 8.56. The Morgan fingerprint density at radius 2 is 1.97 bits per heavy atom. The first-order valence-corrected chi connectivity index (χ1v) is 11.4. The van der Waals surface area contributed by atoms with Crippen LogP contribution in [0, 0.1) is 11.6 Å². The van der Waals surface area contributed by atoms with Gasteiger partial charge in [0.05, 0.1) is 15.6 Å². The zero-order chi connectivity index (χ0) is 26.3. The van der Waals surface area contributed by atoms with Gasteiger partial charge in [0.15, 0.2) is 0 Å². The molecule has 1 unspecified atom stereocenters. The van der Waals surface area contributed by atoms with Crippen LogP contribution in [-0.2, 0) is 9.59 Å². The van der Waals surface area contributed by atoms with Crippen LogP contribution >= 0.6 is 23.2 Å². The number of rotatable bonds is 6. The van der Waals surface area contributed by atoms with Crippen molar-refractivity contribution in [3.8, 4) is 0 Å². The third-order valence-corrected chi connectivity index (χ3v) is 6.22. The molecular formula is C24H27Cl2F2N5O2. The van der Waals surface area contributed by atoms with E-state index >= 15 is 0 Å². The highest BCUT2D eigenvalue weighted by Crippen LogP contribution is 2.37. The number of nitrogens with one attached hydrogen (secondary N) is 1. The van der Waals surface area contributed by atoms with Gasteiger partial charge in [0.25, 0.3) is 0 Å². The molecule has 11 heteroatoms. The van der Waals surface area contributed by atoms with Crippen molar-refractivity contribution in [3.05, 3.63) is 69.7 Å². The molecule has 2 aromatic rings. The van der Waals surface area contributed by atoms with Crippen LogP contribution in [0.25, 0.3) is 0 Å². The topological polar surface area (TPSA) is 114 Å². The largest absolute Gasteiger partial charge is 0.398 e. The molecule has 5 N–H and O–H groups in total. The lowest BCUT2D eigenvalue weighted by atomic mass is 9.98. The van der Waals surface area contributed by atoms with Crippen molar-refractivity contribution in [1.29, 1.82) is 0 Å². The number of benzene rings is 2. The number of amides is 2. The van der Waals surface area contributed by atoms with Crippen LogP contribution in [0.1, 0.15) is 30.4 Å². The van der Waals surface area contributed by atoms with Gasteiger partial charge in [-0.15, -0.1) is 0 Å². The first-order chi connectivity index (χ1) is 16.5. The van der Waals surface area contributed by atoms with Crippen molar-refractivity contribution in [2.45, 2.75) is 19.3 Å². The minimum atomic E-state index is -0.574. The van der Waals surface area contributed by atoms with Crippen LogP contribution in [0.5, 0.6) is 0 Å². The van der Waals surface area contributed by atoms with Crippen molar-refractivity contribution in [2.75, 3.05) is 37.7 Å². The van der Waals surface area contributed by atoms with Gasteiger partial charge in [-0.05, 0) is 43.7 Å². The molecule has 1 atom stereocenters. The van der Waals surface area contributed by atoms with E-state index < -0.39 is 11.7 Å². The van der Waals surface area contributed by atoms with Crippen molar-refractivity contribution in [3.63, 3.8) is 0 Å². The summed E-state index contributed by atoms with van der Waals surface area (Å²) in [7, 11) is 1.67. The molecule has 0 radical (unpaired) electrons. The summed E-state index contributed by atoms with van der Waals surface area (Å²) in [6.07, 6.45) is 1.94. The Labute approximate surface area is 212 Å². The summed E-state index contributed by atoms with van der Waals surface area (Å²) >= 11 is 11.9. The molecule has 2 amide bonds. The first kappa shape index (κ1) is 28.1. The molecule has 7 nitrogen and oxygen atoms in total. The van der Waals surface area contributed by atoms with E-state index in [1.165, 1.54) is 24.3 Å². The van der Waals surface area contributed by atoms with Gasteiger partial charge in [0.2, 0.25) is 11.8 Å². The molecule has 1 saturated heterocycles. The molecule has 188 valence electrons. The van der Waals surface area contributed by atoms with Crippen molar-refractivity contribution < 1.29 is 18.4 Å². The molecule has 0 bridgehead atoms. The maximum atomic E-state index is 13.8. The average Bonchev–Trinajstić information content (AvgIpc) is 3.29. The molecule has 0 spiro atoms. The Bertz CT molecular complexity index is 1130. The summed E-state index contributed by atoms with van der Waals surface area (Å²) in [6, 6.07) is 5.66. The summed E-state index contributed by atoms with van der Waals surface area (Å²) in [5.41, 5.74) is 12.5. The zero-order valence-electron chi connectivity index (χ0n) is 19.4. The number of hydrogen-bond acceptors (Lipinski definition) is 5. The van der Waals surface area contributed by atoms with Crippen LogP contribution in [0.2, 0.25) is 10.0 Å². The smallest absolute Gasteiger partial charge is 0.245 e. The van der Waals surface area contributed by atoms with E-state index in [1.807, 2.05) is 0 Å². The van der Waals surface area contributed by atoms with Crippen molar-refractivity contribution in [2.24, 2.45) is 10.7 Å². The predicted molar refractivity (Wildman–Crippen MR) is 137 cm³/mol. The Hall–Kier alpha value is -3.17. The van der Waals surface area contributed by atoms with Crippen molar-refractivity contribution >= 4 is 52.1 Å². The minimum Gasteiger partial charge on any atom is -0.398 e. The fourth-order valence-corrected chi connectivity index (χ4v) is 4.14.